The van der Waals surface area contributed by atoms with Crippen LogP contribution in [0.5, 0.6) is 0 Å². The molecule has 0 bridgehead atoms. The van der Waals surface area contributed by atoms with Crippen molar-refractivity contribution >= 4 is 37.9 Å². The Balaban J connectivity index is 2.03. The van der Waals surface area contributed by atoms with Crippen molar-refractivity contribution in [3.05, 3.63) is 58.3 Å². The van der Waals surface area contributed by atoms with Crippen molar-refractivity contribution in [2.75, 3.05) is 0 Å². The average Bonchev–Trinajstić information content (AvgIpc) is 3.00. The van der Waals surface area contributed by atoms with Gasteiger partial charge in [-0.15, -0.1) is 11.8 Å². The number of aliphatic imine (C=N–C) groups is 1. The molecule has 158 valence electrons. The molecule has 30 heavy (non-hydrogen) atoms. The molecule has 0 N–H and O–H groups in total. The normalized spacial score (nSPS) is 34.7. The molecule has 4 aliphatic rings. The van der Waals surface area contributed by atoms with Gasteiger partial charge in [0.25, 0.3) is 0 Å². The van der Waals surface area contributed by atoms with Crippen LogP contribution in [0.1, 0.15) is 26.3 Å². The van der Waals surface area contributed by atoms with E-state index in [0.717, 1.165) is 0 Å². The third kappa shape index (κ3) is 1.93. The van der Waals surface area contributed by atoms with E-state index in [1.807, 2.05) is 0 Å². The lowest BCUT2D eigenvalue weighted by Gasteiger charge is -2.49. The Labute approximate surface area is 181 Å². The first-order chi connectivity index (χ1) is 13.7. The summed E-state index contributed by atoms with van der Waals surface area (Å²) < 4.78 is 88.4. The number of hydrogen-bond donors (Lipinski definition) is 0. The van der Waals surface area contributed by atoms with E-state index in [-0.39, 0.29) is 15.8 Å². The standard InChI is InChI=1S/C21H14BrF6NS/c1-9-8-17(2)15(29-16(9)22)14-13(19(23,24)21(27,28)20(14,25)26)12-10-6-4-5-7-11(10)30-18(12,17)3/h4-8H,1-3H3. The first-order valence-corrected chi connectivity index (χ1v) is 10.7. The predicted molar refractivity (Wildman–Crippen MR) is 108 cm³/mol. The van der Waals surface area contributed by atoms with Crippen molar-refractivity contribution in [2.45, 2.75) is 48.2 Å². The predicted octanol–water partition coefficient (Wildman–Crippen LogP) is 7.25. The second-order valence-corrected chi connectivity index (χ2v) is 10.5. The smallest absolute Gasteiger partial charge is 0.244 e. The van der Waals surface area contributed by atoms with Crippen LogP contribution in [0.3, 0.4) is 0 Å². The topological polar surface area (TPSA) is 12.4 Å². The van der Waals surface area contributed by atoms with Gasteiger partial charge < -0.3 is 0 Å². The summed E-state index contributed by atoms with van der Waals surface area (Å²) in [6.45, 7) is 4.94. The molecule has 1 saturated carbocycles. The van der Waals surface area contributed by atoms with Crippen LogP contribution in [-0.4, -0.2) is 27.1 Å². The highest BCUT2D eigenvalue weighted by Crippen LogP contribution is 2.75. The zero-order chi connectivity index (χ0) is 22.1. The third-order valence-electron chi connectivity index (χ3n) is 6.62. The molecule has 2 atom stereocenters. The van der Waals surface area contributed by atoms with Crippen molar-refractivity contribution in [3.63, 3.8) is 0 Å². The number of alkyl halides is 6. The van der Waals surface area contributed by atoms with Crippen molar-refractivity contribution in [1.82, 2.24) is 0 Å². The van der Waals surface area contributed by atoms with Gasteiger partial charge >= 0.3 is 17.8 Å². The van der Waals surface area contributed by atoms with Crippen LogP contribution in [0.2, 0.25) is 0 Å². The van der Waals surface area contributed by atoms with Gasteiger partial charge in [-0.3, -0.25) is 0 Å². The minimum Gasteiger partial charge on any atom is -0.244 e. The quantitative estimate of drug-likeness (QED) is 0.338. The number of nitrogens with zero attached hydrogens (tertiary/aromatic N) is 1. The Bertz CT molecular complexity index is 1160. The van der Waals surface area contributed by atoms with Gasteiger partial charge in [-0.2, -0.15) is 26.3 Å². The number of thioether (sulfide) groups is 1. The average molecular weight is 506 g/mol. The summed E-state index contributed by atoms with van der Waals surface area (Å²) in [7, 11) is 0. The fourth-order valence-corrected chi connectivity index (χ4v) is 6.79. The summed E-state index contributed by atoms with van der Waals surface area (Å²) in [6.07, 6.45) is 1.66. The summed E-state index contributed by atoms with van der Waals surface area (Å²) in [4.78, 5) is 4.73. The number of allylic oxidation sites excluding steroid dienone is 4. The molecule has 1 aromatic carbocycles. The van der Waals surface area contributed by atoms with Gasteiger partial charge in [0.05, 0.1) is 16.0 Å². The zero-order valence-electron chi connectivity index (χ0n) is 15.9. The lowest BCUT2D eigenvalue weighted by molar-refractivity contribution is -0.258. The SMILES string of the molecule is CC1=CC2(C)C(=C3C(=C4c5ccccc5SC42C)C(F)(F)C(F)(F)C3(F)F)N=C1Br. The molecule has 5 rings (SSSR count). The number of dihydropyridines is 1. The second kappa shape index (κ2) is 5.46. The van der Waals surface area contributed by atoms with Crippen molar-refractivity contribution in [2.24, 2.45) is 10.4 Å². The highest BCUT2D eigenvalue weighted by Gasteiger charge is 2.84. The number of fused-ring (bicyclic) bond motifs is 6. The zero-order valence-corrected chi connectivity index (χ0v) is 18.3. The molecule has 1 aromatic rings. The van der Waals surface area contributed by atoms with Gasteiger partial charge in [-0.05, 0) is 59.5 Å². The summed E-state index contributed by atoms with van der Waals surface area (Å²) >= 11 is 4.37. The summed E-state index contributed by atoms with van der Waals surface area (Å²) in [5, 5.41) is 0. The fourth-order valence-electron chi connectivity index (χ4n) is 4.95. The molecule has 1 fully saturated rings. The molecular weight excluding hydrogens is 492 g/mol. The minimum atomic E-state index is -5.57. The molecule has 1 nitrogen and oxygen atoms in total. The molecule has 2 unspecified atom stereocenters. The first kappa shape index (κ1) is 20.4. The van der Waals surface area contributed by atoms with Gasteiger partial charge in [0.2, 0.25) is 0 Å². The van der Waals surface area contributed by atoms with E-state index in [4.69, 9.17) is 0 Å². The van der Waals surface area contributed by atoms with Gasteiger partial charge in [0, 0.05) is 15.9 Å². The van der Waals surface area contributed by atoms with Crippen molar-refractivity contribution in [1.29, 1.82) is 0 Å². The maximum Gasteiger partial charge on any atom is 0.380 e. The van der Waals surface area contributed by atoms with E-state index in [0.29, 0.717) is 10.5 Å². The fraction of sp³-hybridized carbons (Fsp3) is 0.381. The number of hydrogen-bond acceptors (Lipinski definition) is 2. The van der Waals surface area contributed by atoms with Crippen LogP contribution in [0.15, 0.2) is 62.6 Å². The molecular formula is C21H14BrF6NS. The Morgan fingerprint density at radius 1 is 0.900 bits per heavy atom. The van der Waals surface area contributed by atoms with Crippen molar-refractivity contribution in [3.8, 4) is 0 Å². The Hall–Kier alpha value is -1.48. The third-order valence-corrected chi connectivity index (χ3v) is 9.04. The monoisotopic (exact) mass is 505 g/mol. The molecule has 0 aromatic heterocycles. The van der Waals surface area contributed by atoms with E-state index >= 15 is 17.6 Å². The van der Waals surface area contributed by atoms with Gasteiger partial charge in [-0.25, -0.2) is 4.99 Å². The molecule has 2 heterocycles. The summed E-state index contributed by atoms with van der Waals surface area (Å²) in [5.74, 6) is -15.7. The molecule has 0 spiro atoms. The molecule has 0 radical (unpaired) electrons. The molecule has 0 amide bonds. The minimum absolute atomic E-state index is 0.156. The molecule has 9 heteroatoms. The van der Waals surface area contributed by atoms with Gasteiger partial charge in [0.15, 0.2) is 0 Å². The molecule has 0 saturated heterocycles. The van der Waals surface area contributed by atoms with E-state index in [2.05, 4.69) is 20.9 Å². The lowest BCUT2D eigenvalue weighted by atomic mass is 9.62. The van der Waals surface area contributed by atoms with Crippen molar-refractivity contribution < 1.29 is 26.3 Å². The van der Waals surface area contributed by atoms with Gasteiger partial charge in [0.1, 0.15) is 4.62 Å². The summed E-state index contributed by atoms with van der Waals surface area (Å²) in [6, 6.07) is 6.48. The van der Waals surface area contributed by atoms with Crippen LogP contribution < -0.4 is 0 Å². The molecule has 2 aliphatic carbocycles. The van der Waals surface area contributed by atoms with Crippen LogP contribution in [-0.2, 0) is 0 Å². The number of rotatable bonds is 0. The van der Waals surface area contributed by atoms with E-state index in [1.165, 1.54) is 17.8 Å². The second-order valence-electron chi connectivity index (χ2n) is 8.26. The van der Waals surface area contributed by atoms with E-state index < -0.39 is 44.8 Å². The Kier molecular flexibility index (Phi) is 3.72. The van der Waals surface area contributed by atoms with Gasteiger partial charge in [-0.1, -0.05) is 24.3 Å². The van der Waals surface area contributed by atoms with Crippen LogP contribution >= 0.6 is 27.7 Å². The summed E-state index contributed by atoms with van der Waals surface area (Å²) in [5.41, 5.74) is -3.67. The first-order valence-electron chi connectivity index (χ1n) is 9.08. The highest BCUT2D eigenvalue weighted by atomic mass is 79.9. The largest absolute Gasteiger partial charge is 0.380 e. The number of benzene rings is 1. The maximum atomic E-state index is 15.1. The van der Waals surface area contributed by atoms with E-state index in [9.17, 15) is 8.78 Å². The maximum absolute atomic E-state index is 15.1. The highest BCUT2D eigenvalue weighted by molar-refractivity contribution is 9.18. The van der Waals surface area contributed by atoms with Crippen LogP contribution in [0.4, 0.5) is 26.3 Å². The van der Waals surface area contributed by atoms with Crippen LogP contribution in [0.25, 0.3) is 5.57 Å². The Morgan fingerprint density at radius 3 is 2.17 bits per heavy atom. The Morgan fingerprint density at radius 2 is 1.50 bits per heavy atom. The van der Waals surface area contributed by atoms with Crippen LogP contribution in [0, 0.1) is 5.41 Å². The number of halogens is 7. The molecule has 2 aliphatic heterocycles. The van der Waals surface area contributed by atoms with E-state index in [1.54, 1.807) is 45.0 Å². The lowest BCUT2D eigenvalue weighted by Crippen LogP contribution is -2.47.